The first-order chi connectivity index (χ1) is 20.9. The number of rotatable bonds is 6. The summed E-state index contributed by atoms with van der Waals surface area (Å²) in [6.45, 7) is 8.99. The van der Waals surface area contributed by atoms with Crippen molar-refractivity contribution < 1.29 is 4.79 Å². The average Bonchev–Trinajstić information content (AvgIpc) is 3.14. The zero-order valence-corrected chi connectivity index (χ0v) is 25.4. The van der Waals surface area contributed by atoms with E-state index in [0.29, 0.717) is 48.5 Å². The molecule has 0 saturated carbocycles. The molecular formula is C33H41N7O3. The van der Waals surface area contributed by atoms with Crippen LogP contribution in [0.1, 0.15) is 55.6 Å². The number of carbonyl (C=O) groups is 1. The van der Waals surface area contributed by atoms with E-state index in [4.69, 9.17) is 0 Å². The number of hydrogen-bond donors (Lipinski definition) is 1. The molecule has 4 aromatic rings. The van der Waals surface area contributed by atoms with E-state index in [-0.39, 0.29) is 12.5 Å². The third-order valence-electron chi connectivity index (χ3n) is 8.75. The molecule has 0 aliphatic carbocycles. The van der Waals surface area contributed by atoms with Crippen LogP contribution in [0, 0.1) is 0 Å². The predicted octanol–water partition coefficient (Wildman–Crippen LogP) is 3.49. The van der Waals surface area contributed by atoms with Gasteiger partial charge in [-0.3, -0.25) is 23.7 Å². The topological polar surface area (TPSA) is 97.4 Å². The van der Waals surface area contributed by atoms with E-state index in [1.54, 1.807) is 13.2 Å². The van der Waals surface area contributed by atoms with Gasteiger partial charge in [-0.15, -0.1) is 0 Å². The van der Waals surface area contributed by atoms with Gasteiger partial charge in [0.25, 0.3) is 11.5 Å². The SMILES string of the molecule is CC(C)=CCn1c(N2CCCNCC2)c(C(=O)N2CCCCC2)c2c1c(=O)n(Cc1nccc3ccccc13)c(=O)n2C. The van der Waals surface area contributed by atoms with Crippen molar-refractivity contribution in [3.63, 3.8) is 0 Å². The van der Waals surface area contributed by atoms with Crippen LogP contribution in [0.5, 0.6) is 0 Å². The van der Waals surface area contributed by atoms with Crippen molar-refractivity contribution in [2.75, 3.05) is 44.2 Å². The largest absolute Gasteiger partial charge is 0.356 e. The summed E-state index contributed by atoms with van der Waals surface area (Å²) in [7, 11) is 1.68. The van der Waals surface area contributed by atoms with E-state index in [1.165, 1.54) is 9.13 Å². The van der Waals surface area contributed by atoms with Crippen LogP contribution < -0.4 is 21.5 Å². The molecule has 0 radical (unpaired) electrons. The zero-order valence-electron chi connectivity index (χ0n) is 25.4. The quantitative estimate of drug-likeness (QED) is 0.349. The van der Waals surface area contributed by atoms with E-state index in [9.17, 15) is 14.4 Å². The maximum absolute atomic E-state index is 14.5. The molecule has 3 aromatic heterocycles. The number of nitrogens with zero attached hydrogens (tertiary/aromatic N) is 6. The second kappa shape index (κ2) is 12.2. The molecule has 6 rings (SSSR count). The zero-order chi connectivity index (χ0) is 30.1. The third kappa shape index (κ3) is 5.40. The molecule has 2 aliphatic rings. The summed E-state index contributed by atoms with van der Waals surface area (Å²) in [5.74, 6) is 0.635. The van der Waals surface area contributed by atoms with Gasteiger partial charge in [0, 0.05) is 57.9 Å². The van der Waals surface area contributed by atoms with Crippen molar-refractivity contribution >= 4 is 33.5 Å². The van der Waals surface area contributed by atoms with Crippen LogP contribution in [0.4, 0.5) is 5.82 Å². The van der Waals surface area contributed by atoms with Crippen LogP contribution in [-0.4, -0.2) is 68.8 Å². The first-order valence-corrected chi connectivity index (χ1v) is 15.4. The van der Waals surface area contributed by atoms with E-state index in [0.717, 1.165) is 67.5 Å². The lowest BCUT2D eigenvalue weighted by Gasteiger charge is -2.29. The van der Waals surface area contributed by atoms with E-state index in [2.05, 4.69) is 21.3 Å². The van der Waals surface area contributed by atoms with Crippen LogP contribution in [0.3, 0.4) is 0 Å². The number of aromatic nitrogens is 4. The summed E-state index contributed by atoms with van der Waals surface area (Å²) in [6.07, 6.45) is 7.71. The van der Waals surface area contributed by atoms with Gasteiger partial charge in [-0.25, -0.2) is 4.79 Å². The number of piperidine rings is 1. The third-order valence-corrected chi connectivity index (χ3v) is 8.75. The Morgan fingerprint density at radius 1 is 0.930 bits per heavy atom. The smallest absolute Gasteiger partial charge is 0.331 e. The van der Waals surface area contributed by atoms with Crippen molar-refractivity contribution in [2.24, 2.45) is 7.05 Å². The van der Waals surface area contributed by atoms with Gasteiger partial charge in [0.05, 0.1) is 17.8 Å². The number of hydrogen-bond acceptors (Lipinski definition) is 6. The summed E-state index contributed by atoms with van der Waals surface area (Å²) < 4.78 is 4.77. The summed E-state index contributed by atoms with van der Waals surface area (Å²) in [5, 5.41) is 5.36. The first-order valence-electron chi connectivity index (χ1n) is 15.4. The second-order valence-electron chi connectivity index (χ2n) is 11.9. The van der Waals surface area contributed by atoms with Gasteiger partial charge < -0.3 is 19.7 Å². The molecule has 2 aliphatic heterocycles. The van der Waals surface area contributed by atoms with Crippen molar-refractivity contribution in [3.8, 4) is 0 Å². The molecule has 0 bridgehead atoms. The fraction of sp³-hybridized carbons (Fsp3) is 0.455. The minimum Gasteiger partial charge on any atom is -0.356 e. The molecule has 5 heterocycles. The molecule has 0 unspecified atom stereocenters. The lowest BCUT2D eigenvalue weighted by Crippen LogP contribution is -2.41. The van der Waals surface area contributed by atoms with Gasteiger partial charge in [0.1, 0.15) is 16.9 Å². The lowest BCUT2D eigenvalue weighted by molar-refractivity contribution is 0.0726. The van der Waals surface area contributed by atoms with Gasteiger partial charge in [-0.05, 0) is 57.5 Å². The van der Waals surface area contributed by atoms with Crippen molar-refractivity contribution in [2.45, 2.75) is 52.6 Å². The monoisotopic (exact) mass is 583 g/mol. The van der Waals surface area contributed by atoms with Crippen molar-refractivity contribution in [3.05, 3.63) is 80.3 Å². The highest BCUT2D eigenvalue weighted by Crippen LogP contribution is 2.33. The number of allylic oxidation sites excluding steroid dienone is 2. The number of benzene rings is 1. The summed E-state index contributed by atoms with van der Waals surface area (Å²) in [5.41, 5.74) is 2.18. The Morgan fingerprint density at radius 2 is 1.72 bits per heavy atom. The maximum Gasteiger partial charge on any atom is 0.331 e. The summed E-state index contributed by atoms with van der Waals surface area (Å²) in [4.78, 5) is 51.7. The minimum atomic E-state index is -0.455. The molecular weight excluding hydrogens is 542 g/mol. The van der Waals surface area contributed by atoms with Crippen LogP contribution >= 0.6 is 0 Å². The first kappa shape index (κ1) is 28.9. The predicted molar refractivity (Wildman–Crippen MR) is 171 cm³/mol. The average molecular weight is 584 g/mol. The highest BCUT2D eigenvalue weighted by molar-refractivity contribution is 6.11. The van der Waals surface area contributed by atoms with Crippen molar-refractivity contribution in [1.29, 1.82) is 0 Å². The molecule has 1 amide bonds. The fourth-order valence-electron chi connectivity index (χ4n) is 6.52. The number of amides is 1. The Hall–Kier alpha value is -4.18. The number of carbonyl (C=O) groups excluding carboxylic acids is 1. The standard InChI is InChI=1S/C33H41N7O3/c1-23(2)13-20-39-29-28(27(31(41)38-17-7-4-8-18-38)30(39)37-19-9-14-34-16-21-37)36(3)33(43)40(32(29)42)22-26-25-11-6-5-10-24(25)12-15-35-26/h5-6,10-13,15,34H,4,7-9,14,16-22H2,1-3H3. The minimum absolute atomic E-state index is 0.0367. The van der Waals surface area contributed by atoms with Crippen LogP contribution in [-0.2, 0) is 20.1 Å². The summed E-state index contributed by atoms with van der Waals surface area (Å²) in [6, 6.07) is 9.78. The molecule has 1 N–H and O–H groups in total. The number of pyridine rings is 1. The molecule has 43 heavy (non-hydrogen) atoms. The van der Waals surface area contributed by atoms with Crippen LogP contribution in [0.2, 0.25) is 0 Å². The Bertz CT molecular complexity index is 1810. The molecule has 0 spiro atoms. The number of likely N-dealkylation sites (tertiary alicyclic amines) is 1. The van der Waals surface area contributed by atoms with Gasteiger partial charge in [0.15, 0.2) is 0 Å². The normalized spacial score (nSPS) is 16.1. The van der Waals surface area contributed by atoms with Gasteiger partial charge in [0.2, 0.25) is 0 Å². The number of fused-ring (bicyclic) bond motifs is 2. The Balaban J connectivity index is 1.64. The lowest BCUT2D eigenvalue weighted by atomic mass is 10.1. The second-order valence-corrected chi connectivity index (χ2v) is 11.9. The number of anilines is 1. The summed E-state index contributed by atoms with van der Waals surface area (Å²) >= 11 is 0. The molecule has 10 nitrogen and oxygen atoms in total. The van der Waals surface area contributed by atoms with Gasteiger partial charge >= 0.3 is 5.69 Å². The Kier molecular flexibility index (Phi) is 8.21. The van der Waals surface area contributed by atoms with Crippen LogP contribution in [0.25, 0.3) is 21.8 Å². The Labute approximate surface area is 251 Å². The molecule has 2 saturated heterocycles. The fourth-order valence-corrected chi connectivity index (χ4v) is 6.52. The molecule has 226 valence electrons. The highest BCUT2D eigenvalue weighted by atomic mass is 16.2. The number of nitrogens with one attached hydrogen (secondary N) is 1. The van der Waals surface area contributed by atoms with E-state index < -0.39 is 11.2 Å². The molecule has 2 fully saturated rings. The molecule has 10 heteroatoms. The molecule has 0 atom stereocenters. The highest BCUT2D eigenvalue weighted by Gasteiger charge is 2.34. The van der Waals surface area contributed by atoms with Gasteiger partial charge in [-0.1, -0.05) is 35.9 Å². The van der Waals surface area contributed by atoms with Gasteiger partial charge in [-0.2, -0.15) is 0 Å². The van der Waals surface area contributed by atoms with Crippen molar-refractivity contribution in [1.82, 2.24) is 28.9 Å². The van der Waals surface area contributed by atoms with E-state index in [1.807, 2.05) is 53.6 Å². The Morgan fingerprint density at radius 3 is 2.51 bits per heavy atom. The van der Waals surface area contributed by atoms with Crippen LogP contribution in [0.15, 0.2) is 57.8 Å². The van der Waals surface area contributed by atoms with E-state index >= 15 is 0 Å². The molecule has 1 aromatic carbocycles. The maximum atomic E-state index is 14.5. The number of aryl methyl sites for hydroxylation is 1.